The van der Waals surface area contributed by atoms with Crippen molar-refractivity contribution in [3.05, 3.63) is 65.7 Å². The standard InChI is InChI=1S/C21H31N5O2S/c1-17(26(3)16-18-8-5-4-6-9-18)12-13-24-21(23-2)25-15-19-10-7-11-20(14-19)29(22,27)28/h4-11,14,17H,12-13,15-16H2,1-3H3,(H2,22,27,28)(H2,23,24,25). The minimum Gasteiger partial charge on any atom is -0.356 e. The second-order valence-corrected chi connectivity index (χ2v) is 8.64. The molecule has 0 amide bonds. The zero-order valence-electron chi connectivity index (χ0n) is 17.3. The smallest absolute Gasteiger partial charge is 0.238 e. The largest absolute Gasteiger partial charge is 0.356 e. The van der Waals surface area contributed by atoms with E-state index < -0.39 is 10.0 Å². The van der Waals surface area contributed by atoms with Crippen LogP contribution in [-0.4, -0.2) is 46.0 Å². The van der Waals surface area contributed by atoms with Gasteiger partial charge in [0.2, 0.25) is 10.0 Å². The van der Waals surface area contributed by atoms with E-state index in [-0.39, 0.29) is 4.90 Å². The van der Waals surface area contributed by atoms with E-state index in [0.29, 0.717) is 18.5 Å². The first-order valence-corrected chi connectivity index (χ1v) is 11.1. The SMILES string of the molecule is CN=C(NCCC(C)N(C)Cc1ccccc1)NCc1cccc(S(N)(=O)=O)c1. The highest BCUT2D eigenvalue weighted by molar-refractivity contribution is 7.89. The Kier molecular flexibility index (Phi) is 8.63. The van der Waals surface area contributed by atoms with Gasteiger partial charge in [-0.3, -0.25) is 9.89 Å². The molecule has 0 aliphatic rings. The summed E-state index contributed by atoms with van der Waals surface area (Å²) < 4.78 is 22.9. The van der Waals surface area contributed by atoms with Crippen LogP contribution >= 0.6 is 0 Å². The van der Waals surface area contributed by atoms with Gasteiger partial charge in [0.1, 0.15) is 0 Å². The fourth-order valence-corrected chi connectivity index (χ4v) is 3.47. The lowest BCUT2D eigenvalue weighted by molar-refractivity contribution is 0.238. The summed E-state index contributed by atoms with van der Waals surface area (Å²) in [4.78, 5) is 6.65. The molecule has 7 nitrogen and oxygen atoms in total. The van der Waals surface area contributed by atoms with Gasteiger partial charge in [0.15, 0.2) is 5.96 Å². The van der Waals surface area contributed by atoms with Crippen LogP contribution in [0, 0.1) is 0 Å². The Hall–Kier alpha value is -2.42. The molecule has 0 radical (unpaired) electrons. The summed E-state index contributed by atoms with van der Waals surface area (Å²) in [5.74, 6) is 0.670. The summed E-state index contributed by atoms with van der Waals surface area (Å²) in [7, 11) is 0.135. The van der Waals surface area contributed by atoms with Gasteiger partial charge < -0.3 is 10.6 Å². The highest BCUT2D eigenvalue weighted by Crippen LogP contribution is 2.10. The van der Waals surface area contributed by atoms with Gasteiger partial charge in [-0.1, -0.05) is 42.5 Å². The van der Waals surface area contributed by atoms with E-state index in [1.165, 1.54) is 11.6 Å². The van der Waals surface area contributed by atoms with Crippen molar-refractivity contribution in [3.63, 3.8) is 0 Å². The summed E-state index contributed by atoms with van der Waals surface area (Å²) in [5, 5.41) is 11.7. The van der Waals surface area contributed by atoms with Gasteiger partial charge in [0, 0.05) is 32.7 Å². The number of benzene rings is 2. The third kappa shape index (κ3) is 7.84. The van der Waals surface area contributed by atoms with Crippen LogP contribution in [0.5, 0.6) is 0 Å². The van der Waals surface area contributed by atoms with Gasteiger partial charge in [-0.05, 0) is 43.7 Å². The molecular weight excluding hydrogens is 386 g/mol. The molecule has 158 valence electrons. The van der Waals surface area contributed by atoms with Crippen LogP contribution < -0.4 is 15.8 Å². The zero-order chi connectivity index (χ0) is 21.3. The van der Waals surface area contributed by atoms with Crippen molar-refractivity contribution < 1.29 is 8.42 Å². The Balaban J connectivity index is 1.77. The fourth-order valence-electron chi connectivity index (χ4n) is 2.89. The van der Waals surface area contributed by atoms with Gasteiger partial charge in [0.05, 0.1) is 4.90 Å². The molecule has 2 rings (SSSR count). The van der Waals surface area contributed by atoms with Crippen molar-refractivity contribution in [2.24, 2.45) is 10.1 Å². The molecule has 0 heterocycles. The van der Waals surface area contributed by atoms with Gasteiger partial charge in [-0.2, -0.15) is 0 Å². The fraction of sp³-hybridized carbons (Fsp3) is 0.381. The molecule has 4 N–H and O–H groups in total. The summed E-state index contributed by atoms with van der Waals surface area (Å²) in [5.41, 5.74) is 2.12. The lowest BCUT2D eigenvalue weighted by atomic mass is 10.1. The molecule has 0 saturated carbocycles. The molecule has 29 heavy (non-hydrogen) atoms. The van der Waals surface area contributed by atoms with Crippen molar-refractivity contribution in [2.45, 2.75) is 37.4 Å². The Morgan fingerprint density at radius 1 is 1.10 bits per heavy atom. The molecule has 0 aromatic heterocycles. The van der Waals surface area contributed by atoms with Crippen LogP contribution in [0.15, 0.2) is 64.5 Å². The number of hydrogen-bond donors (Lipinski definition) is 3. The molecule has 0 aliphatic heterocycles. The Morgan fingerprint density at radius 2 is 1.79 bits per heavy atom. The molecule has 2 aromatic rings. The zero-order valence-corrected chi connectivity index (χ0v) is 18.1. The lowest BCUT2D eigenvalue weighted by Crippen LogP contribution is -2.39. The first kappa shape index (κ1) is 22.9. The maximum absolute atomic E-state index is 11.5. The van der Waals surface area contributed by atoms with Crippen molar-refractivity contribution >= 4 is 16.0 Å². The minimum atomic E-state index is -3.70. The summed E-state index contributed by atoms with van der Waals surface area (Å²) in [6.45, 7) is 4.35. The average Bonchev–Trinajstić information content (AvgIpc) is 2.70. The number of hydrogen-bond acceptors (Lipinski definition) is 4. The minimum absolute atomic E-state index is 0.107. The van der Waals surface area contributed by atoms with Crippen LogP contribution in [0.4, 0.5) is 0 Å². The summed E-state index contributed by atoms with van der Waals surface area (Å²) in [6.07, 6.45) is 0.963. The number of rotatable bonds is 9. The van der Waals surface area contributed by atoms with E-state index in [1.54, 1.807) is 19.2 Å². The summed E-state index contributed by atoms with van der Waals surface area (Å²) in [6, 6.07) is 17.4. The highest BCUT2D eigenvalue weighted by Gasteiger charge is 2.10. The normalized spacial score (nSPS) is 13.3. The topological polar surface area (TPSA) is 99.8 Å². The van der Waals surface area contributed by atoms with E-state index in [1.807, 2.05) is 12.1 Å². The predicted molar refractivity (Wildman–Crippen MR) is 118 cm³/mol. The molecule has 1 atom stereocenters. The Bertz CT molecular complexity index is 900. The van der Waals surface area contributed by atoms with Gasteiger partial charge in [-0.15, -0.1) is 0 Å². The van der Waals surface area contributed by atoms with Crippen molar-refractivity contribution in [1.82, 2.24) is 15.5 Å². The molecule has 0 saturated heterocycles. The molecule has 8 heteroatoms. The van der Waals surface area contributed by atoms with Crippen LogP contribution in [0.3, 0.4) is 0 Å². The summed E-state index contributed by atoms with van der Waals surface area (Å²) >= 11 is 0. The highest BCUT2D eigenvalue weighted by atomic mass is 32.2. The lowest BCUT2D eigenvalue weighted by Gasteiger charge is -2.25. The second kappa shape index (κ2) is 10.9. The van der Waals surface area contributed by atoms with Crippen LogP contribution in [0.1, 0.15) is 24.5 Å². The number of nitrogens with one attached hydrogen (secondary N) is 2. The number of sulfonamides is 1. The molecule has 2 aromatic carbocycles. The van der Waals surface area contributed by atoms with E-state index in [2.05, 4.69) is 58.8 Å². The second-order valence-electron chi connectivity index (χ2n) is 7.08. The Labute approximate surface area is 174 Å². The monoisotopic (exact) mass is 417 g/mol. The molecule has 0 aliphatic carbocycles. The quantitative estimate of drug-likeness (QED) is 0.427. The third-order valence-electron chi connectivity index (χ3n) is 4.79. The molecule has 0 fully saturated rings. The third-order valence-corrected chi connectivity index (χ3v) is 5.70. The van der Waals surface area contributed by atoms with E-state index in [4.69, 9.17) is 5.14 Å². The van der Waals surface area contributed by atoms with Crippen molar-refractivity contribution in [3.8, 4) is 0 Å². The maximum atomic E-state index is 11.5. The van der Waals surface area contributed by atoms with E-state index in [0.717, 1.165) is 25.1 Å². The first-order valence-electron chi connectivity index (χ1n) is 9.60. The van der Waals surface area contributed by atoms with Gasteiger partial charge in [-0.25, -0.2) is 13.6 Å². The van der Waals surface area contributed by atoms with E-state index in [9.17, 15) is 8.42 Å². The molecule has 0 spiro atoms. The average molecular weight is 418 g/mol. The number of primary sulfonamides is 1. The molecule has 1 unspecified atom stereocenters. The van der Waals surface area contributed by atoms with Crippen molar-refractivity contribution in [1.29, 1.82) is 0 Å². The van der Waals surface area contributed by atoms with Crippen LogP contribution in [0.25, 0.3) is 0 Å². The first-order chi connectivity index (χ1) is 13.8. The number of guanidine groups is 1. The van der Waals surface area contributed by atoms with Crippen LogP contribution in [-0.2, 0) is 23.1 Å². The van der Waals surface area contributed by atoms with Crippen molar-refractivity contribution in [2.75, 3.05) is 20.6 Å². The molecule has 0 bridgehead atoms. The number of aliphatic imine (C=N–C) groups is 1. The Morgan fingerprint density at radius 3 is 2.45 bits per heavy atom. The predicted octanol–water partition coefficient (Wildman–Crippen LogP) is 1.91. The number of nitrogens with zero attached hydrogens (tertiary/aromatic N) is 2. The van der Waals surface area contributed by atoms with E-state index >= 15 is 0 Å². The van der Waals surface area contributed by atoms with Gasteiger partial charge >= 0.3 is 0 Å². The maximum Gasteiger partial charge on any atom is 0.238 e. The van der Waals surface area contributed by atoms with Gasteiger partial charge in [0.25, 0.3) is 0 Å². The number of nitrogens with two attached hydrogens (primary N) is 1. The molecular formula is C21H31N5O2S. The van der Waals surface area contributed by atoms with Crippen LogP contribution in [0.2, 0.25) is 0 Å².